The van der Waals surface area contributed by atoms with Crippen LogP contribution >= 0.6 is 0 Å². The van der Waals surface area contributed by atoms with Crippen molar-refractivity contribution in [3.63, 3.8) is 0 Å². The summed E-state index contributed by atoms with van der Waals surface area (Å²) in [6.45, 7) is 0. The van der Waals surface area contributed by atoms with Crippen LogP contribution in [-0.2, 0) is 0 Å². The standard InChI is InChI=1S/C7H10N4/c1-10-5-2-3-6(7(8)9)11-4-5/h2-4,10H,1H3,(H3,8,9). The summed E-state index contributed by atoms with van der Waals surface area (Å²) in [5.41, 5.74) is 6.62. The van der Waals surface area contributed by atoms with E-state index in [-0.39, 0.29) is 5.84 Å². The highest BCUT2D eigenvalue weighted by molar-refractivity contribution is 5.93. The third-order valence-electron chi connectivity index (χ3n) is 1.33. The van der Waals surface area contributed by atoms with Gasteiger partial charge < -0.3 is 11.1 Å². The van der Waals surface area contributed by atoms with E-state index in [1.807, 2.05) is 13.1 Å². The highest BCUT2D eigenvalue weighted by atomic mass is 14.9. The number of rotatable bonds is 2. The van der Waals surface area contributed by atoms with Gasteiger partial charge in [-0.15, -0.1) is 0 Å². The predicted octanol–water partition coefficient (Wildman–Crippen LogP) is 0.407. The number of aromatic nitrogens is 1. The molecule has 4 N–H and O–H groups in total. The summed E-state index contributed by atoms with van der Waals surface area (Å²) in [4.78, 5) is 3.94. The Morgan fingerprint density at radius 3 is 2.73 bits per heavy atom. The summed E-state index contributed by atoms with van der Waals surface area (Å²) in [6.07, 6.45) is 1.64. The number of nitrogen functional groups attached to an aromatic ring is 1. The number of amidine groups is 1. The van der Waals surface area contributed by atoms with Crippen molar-refractivity contribution in [1.82, 2.24) is 4.98 Å². The molecule has 0 atom stereocenters. The van der Waals surface area contributed by atoms with E-state index in [0.717, 1.165) is 5.69 Å². The van der Waals surface area contributed by atoms with Gasteiger partial charge in [0.05, 0.1) is 11.9 Å². The second-order valence-corrected chi connectivity index (χ2v) is 2.10. The molecule has 0 bridgehead atoms. The van der Waals surface area contributed by atoms with Gasteiger partial charge in [0.15, 0.2) is 0 Å². The molecule has 4 nitrogen and oxygen atoms in total. The number of anilines is 1. The average molecular weight is 150 g/mol. The molecule has 11 heavy (non-hydrogen) atoms. The molecule has 1 aromatic heterocycles. The first-order valence-corrected chi connectivity index (χ1v) is 3.22. The van der Waals surface area contributed by atoms with Gasteiger partial charge in [-0.1, -0.05) is 0 Å². The lowest BCUT2D eigenvalue weighted by Crippen LogP contribution is -2.12. The van der Waals surface area contributed by atoms with Crippen LogP contribution < -0.4 is 11.1 Å². The van der Waals surface area contributed by atoms with Crippen molar-refractivity contribution in [2.24, 2.45) is 5.73 Å². The molecule has 58 valence electrons. The summed E-state index contributed by atoms with van der Waals surface area (Å²) < 4.78 is 0. The van der Waals surface area contributed by atoms with Crippen LogP contribution in [0.15, 0.2) is 18.3 Å². The van der Waals surface area contributed by atoms with E-state index in [0.29, 0.717) is 5.69 Å². The van der Waals surface area contributed by atoms with Crippen LogP contribution in [0.1, 0.15) is 5.69 Å². The molecule has 0 amide bonds. The van der Waals surface area contributed by atoms with E-state index in [4.69, 9.17) is 11.1 Å². The number of nitrogens with one attached hydrogen (secondary N) is 2. The minimum Gasteiger partial charge on any atom is -0.387 e. The zero-order valence-corrected chi connectivity index (χ0v) is 6.26. The van der Waals surface area contributed by atoms with E-state index >= 15 is 0 Å². The van der Waals surface area contributed by atoms with E-state index in [1.54, 1.807) is 12.3 Å². The molecule has 1 rings (SSSR count). The monoisotopic (exact) mass is 150 g/mol. The maximum atomic E-state index is 7.06. The fourth-order valence-corrected chi connectivity index (χ4v) is 0.701. The Morgan fingerprint density at radius 1 is 1.64 bits per heavy atom. The lowest BCUT2D eigenvalue weighted by Gasteiger charge is -1.99. The smallest absolute Gasteiger partial charge is 0.141 e. The first-order valence-electron chi connectivity index (χ1n) is 3.22. The zero-order chi connectivity index (χ0) is 8.27. The van der Waals surface area contributed by atoms with E-state index in [2.05, 4.69) is 10.3 Å². The normalized spacial score (nSPS) is 9.18. The maximum Gasteiger partial charge on any atom is 0.141 e. The van der Waals surface area contributed by atoms with Crippen LogP contribution in [0.5, 0.6) is 0 Å². The maximum absolute atomic E-state index is 7.06. The van der Waals surface area contributed by atoms with Crippen molar-refractivity contribution in [2.75, 3.05) is 12.4 Å². The highest BCUT2D eigenvalue weighted by Gasteiger charge is 1.95. The van der Waals surface area contributed by atoms with Crippen molar-refractivity contribution in [3.05, 3.63) is 24.0 Å². The zero-order valence-electron chi connectivity index (χ0n) is 6.26. The van der Waals surface area contributed by atoms with Crippen molar-refractivity contribution < 1.29 is 0 Å². The molecule has 4 heteroatoms. The molecule has 0 aliphatic carbocycles. The Hall–Kier alpha value is -1.58. The van der Waals surface area contributed by atoms with E-state index < -0.39 is 0 Å². The lowest BCUT2D eigenvalue weighted by molar-refractivity contribution is 1.25. The molecule has 0 aliphatic rings. The Labute approximate surface area is 65.0 Å². The predicted molar refractivity (Wildman–Crippen MR) is 44.8 cm³/mol. The third kappa shape index (κ3) is 1.67. The molecular weight excluding hydrogens is 140 g/mol. The first kappa shape index (κ1) is 7.53. The molecule has 0 fully saturated rings. The second kappa shape index (κ2) is 3.01. The van der Waals surface area contributed by atoms with Gasteiger partial charge in [-0.05, 0) is 12.1 Å². The van der Waals surface area contributed by atoms with Crippen molar-refractivity contribution in [2.45, 2.75) is 0 Å². The van der Waals surface area contributed by atoms with Gasteiger partial charge in [0.25, 0.3) is 0 Å². The van der Waals surface area contributed by atoms with E-state index in [9.17, 15) is 0 Å². The summed E-state index contributed by atoms with van der Waals surface area (Å²) >= 11 is 0. The number of hydrogen-bond acceptors (Lipinski definition) is 3. The van der Waals surface area contributed by atoms with Crippen LogP contribution in [0.4, 0.5) is 5.69 Å². The van der Waals surface area contributed by atoms with Crippen molar-refractivity contribution >= 4 is 11.5 Å². The SMILES string of the molecule is CNc1ccc(C(=N)N)nc1. The largest absolute Gasteiger partial charge is 0.387 e. The number of nitrogens with zero attached hydrogens (tertiary/aromatic N) is 1. The average Bonchev–Trinajstić information content (AvgIpc) is 2.05. The molecule has 1 heterocycles. The summed E-state index contributed by atoms with van der Waals surface area (Å²) in [5.74, 6) is -0.00680. The van der Waals surface area contributed by atoms with Gasteiger partial charge in [0.2, 0.25) is 0 Å². The van der Waals surface area contributed by atoms with Crippen LogP contribution in [0, 0.1) is 5.41 Å². The number of hydrogen-bond donors (Lipinski definition) is 3. The molecular formula is C7H10N4. The van der Waals surface area contributed by atoms with Gasteiger partial charge >= 0.3 is 0 Å². The Bertz CT molecular complexity index is 252. The van der Waals surface area contributed by atoms with Crippen molar-refractivity contribution in [3.8, 4) is 0 Å². The molecule has 0 aliphatic heterocycles. The molecule has 0 spiro atoms. The first-order chi connectivity index (χ1) is 5.24. The second-order valence-electron chi connectivity index (χ2n) is 2.10. The molecule has 0 radical (unpaired) electrons. The molecule has 0 unspecified atom stereocenters. The quantitative estimate of drug-likeness (QED) is 0.422. The van der Waals surface area contributed by atoms with Crippen LogP contribution in [0.3, 0.4) is 0 Å². The minimum atomic E-state index is -0.00680. The van der Waals surface area contributed by atoms with Gasteiger partial charge in [-0.2, -0.15) is 0 Å². The fraction of sp³-hybridized carbons (Fsp3) is 0.143. The summed E-state index contributed by atoms with van der Waals surface area (Å²) in [5, 5.41) is 9.98. The van der Waals surface area contributed by atoms with Gasteiger partial charge in [-0.25, -0.2) is 0 Å². The van der Waals surface area contributed by atoms with Gasteiger partial charge in [0.1, 0.15) is 11.5 Å². The van der Waals surface area contributed by atoms with Crippen LogP contribution in [0.2, 0.25) is 0 Å². The summed E-state index contributed by atoms with van der Waals surface area (Å²) in [7, 11) is 1.81. The number of nitrogens with two attached hydrogens (primary N) is 1. The van der Waals surface area contributed by atoms with Crippen molar-refractivity contribution in [1.29, 1.82) is 5.41 Å². The topological polar surface area (TPSA) is 74.8 Å². The molecule has 0 saturated carbocycles. The Balaban J connectivity index is 2.91. The summed E-state index contributed by atoms with van der Waals surface area (Å²) in [6, 6.07) is 3.53. The lowest BCUT2D eigenvalue weighted by atomic mass is 10.3. The molecule has 0 saturated heterocycles. The van der Waals surface area contributed by atoms with Gasteiger partial charge in [-0.3, -0.25) is 10.4 Å². The van der Waals surface area contributed by atoms with Crippen LogP contribution in [0.25, 0.3) is 0 Å². The third-order valence-corrected chi connectivity index (χ3v) is 1.33. The van der Waals surface area contributed by atoms with Gasteiger partial charge in [0, 0.05) is 7.05 Å². The highest BCUT2D eigenvalue weighted by Crippen LogP contribution is 2.03. The Kier molecular flexibility index (Phi) is 2.06. The van der Waals surface area contributed by atoms with E-state index in [1.165, 1.54) is 0 Å². The Morgan fingerprint density at radius 2 is 2.36 bits per heavy atom. The molecule has 0 aromatic carbocycles. The number of pyridine rings is 1. The molecule has 1 aromatic rings. The fourth-order valence-electron chi connectivity index (χ4n) is 0.701. The minimum absolute atomic E-state index is 0.00680. The van der Waals surface area contributed by atoms with Crippen LogP contribution in [-0.4, -0.2) is 17.9 Å².